The topological polar surface area (TPSA) is 109 Å². The summed E-state index contributed by atoms with van der Waals surface area (Å²) in [6.45, 7) is 0. The maximum atomic E-state index is 11.8. The molecule has 8 nitrogen and oxygen atoms in total. The third-order valence-corrected chi connectivity index (χ3v) is 4.21. The second-order valence-electron chi connectivity index (χ2n) is 4.22. The number of phenolic OH excluding ortho intramolecular Hbond substituents is 1. The molecule has 1 aromatic carbocycles. The molecular formula is C12H10N2O6S. The van der Waals surface area contributed by atoms with Gasteiger partial charge in [-0.25, -0.2) is 9.10 Å². The number of nitrogens with zero attached hydrogens (tertiary/aromatic N) is 1. The van der Waals surface area contributed by atoms with Crippen molar-refractivity contribution in [2.24, 2.45) is 0 Å². The van der Waals surface area contributed by atoms with E-state index < -0.39 is 15.8 Å². The molecule has 0 bridgehead atoms. The van der Waals surface area contributed by atoms with E-state index in [9.17, 15) is 18.3 Å². The van der Waals surface area contributed by atoms with Gasteiger partial charge in [-0.2, -0.15) is 8.42 Å². The van der Waals surface area contributed by atoms with Crippen LogP contribution >= 0.6 is 0 Å². The lowest BCUT2D eigenvalue weighted by atomic mass is 10.2. The first-order valence-corrected chi connectivity index (χ1v) is 7.19. The average Bonchev–Trinajstić information content (AvgIpc) is 2.77. The van der Waals surface area contributed by atoms with Gasteiger partial charge in [-0.05, 0) is 12.1 Å². The van der Waals surface area contributed by atoms with Crippen molar-refractivity contribution >= 4 is 26.9 Å². The van der Waals surface area contributed by atoms with Gasteiger partial charge in [-0.1, -0.05) is 0 Å². The predicted octanol–water partition coefficient (Wildman–Crippen LogP) is 0.633. The number of rotatable bonds is 2. The number of ether oxygens (including phenoxy) is 1. The summed E-state index contributed by atoms with van der Waals surface area (Å²) in [5.41, 5.74) is -0.539. The van der Waals surface area contributed by atoms with Gasteiger partial charge in [0.15, 0.2) is 0 Å². The van der Waals surface area contributed by atoms with E-state index in [1.165, 1.54) is 37.7 Å². The smallest absolute Gasteiger partial charge is 0.379 e. The largest absolute Gasteiger partial charge is 0.506 e. The van der Waals surface area contributed by atoms with Crippen LogP contribution in [0, 0.1) is 0 Å². The first-order valence-electron chi connectivity index (χ1n) is 5.75. The van der Waals surface area contributed by atoms with E-state index in [0.29, 0.717) is 5.39 Å². The summed E-state index contributed by atoms with van der Waals surface area (Å²) in [5.74, 6) is -0.357. The first-order chi connectivity index (χ1) is 9.92. The Kier molecular flexibility index (Phi) is 2.80. The number of aromatic hydroxyl groups is 1. The van der Waals surface area contributed by atoms with Crippen molar-refractivity contribution in [1.29, 1.82) is 0 Å². The molecule has 1 aliphatic heterocycles. The number of methoxy groups -OCH3 is 1. The van der Waals surface area contributed by atoms with E-state index >= 15 is 0 Å². The van der Waals surface area contributed by atoms with Crippen molar-refractivity contribution < 1.29 is 22.7 Å². The summed E-state index contributed by atoms with van der Waals surface area (Å²) in [5, 5.41) is 10.4. The van der Waals surface area contributed by atoms with Crippen LogP contribution in [0.5, 0.6) is 11.5 Å². The van der Waals surface area contributed by atoms with Gasteiger partial charge in [0, 0.05) is 23.9 Å². The number of benzene rings is 1. The van der Waals surface area contributed by atoms with Gasteiger partial charge in [0.05, 0.1) is 7.11 Å². The second kappa shape index (κ2) is 4.42. The normalized spacial score (nSPS) is 16.1. The summed E-state index contributed by atoms with van der Waals surface area (Å²) < 4.78 is 36.4. The van der Waals surface area contributed by atoms with Crippen LogP contribution in [0.15, 0.2) is 39.8 Å². The number of hydrogen-bond acceptors (Lipinski definition) is 6. The molecular weight excluding hydrogens is 300 g/mol. The molecule has 0 saturated heterocycles. The molecule has 0 radical (unpaired) electrons. The summed E-state index contributed by atoms with van der Waals surface area (Å²) in [7, 11) is -2.45. The molecule has 2 N–H and O–H groups in total. The standard InChI is InChI=1S/C12H10N2O6S/c1-19-11-5-7-4-8(14-3-2-13-21(14,17)18)9(15)6-10(7)20-12(11)16/h2-6,13,15H,1H3. The monoisotopic (exact) mass is 310 g/mol. The van der Waals surface area contributed by atoms with Gasteiger partial charge in [-0.15, -0.1) is 0 Å². The summed E-state index contributed by atoms with van der Waals surface area (Å²) >= 11 is 0. The molecule has 1 aromatic heterocycles. The van der Waals surface area contributed by atoms with Gasteiger partial charge in [0.25, 0.3) is 0 Å². The summed E-state index contributed by atoms with van der Waals surface area (Å²) in [6, 6.07) is 3.96. The van der Waals surface area contributed by atoms with Gasteiger partial charge in [0.2, 0.25) is 5.75 Å². The molecule has 3 rings (SSSR count). The van der Waals surface area contributed by atoms with E-state index in [1.807, 2.05) is 0 Å². The van der Waals surface area contributed by atoms with Crippen LogP contribution in [0.4, 0.5) is 5.69 Å². The lowest BCUT2D eigenvalue weighted by Crippen LogP contribution is -2.28. The Labute approximate surface area is 119 Å². The van der Waals surface area contributed by atoms with Crippen molar-refractivity contribution in [1.82, 2.24) is 4.72 Å². The van der Waals surface area contributed by atoms with E-state index in [2.05, 4.69) is 4.72 Å². The Morgan fingerprint density at radius 2 is 2.10 bits per heavy atom. The predicted molar refractivity (Wildman–Crippen MR) is 74.4 cm³/mol. The van der Waals surface area contributed by atoms with Crippen LogP contribution in [0.2, 0.25) is 0 Å². The van der Waals surface area contributed by atoms with Crippen molar-refractivity contribution in [2.45, 2.75) is 0 Å². The van der Waals surface area contributed by atoms with Crippen LogP contribution in [0.3, 0.4) is 0 Å². The molecule has 0 spiro atoms. The third-order valence-electron chi connectivity index (χ3n) is 2.94. The minimum atomic E-state index is -3.77. The SMILES string of the molecule is COc1cc2cc(N3C=CNS3(=O)=O)c(O)cc2oc1=O. The Balaban J connectivity index is 2.25. The Morgan fingerprint density at radius 1 is 1.33 bits per heavy atom. The fraction of sp³-hybridized carbons (Fsp3) is 0.0833. The molecule has 2 heterocycles. The van der Waals surface area contributed by atoms with E-state index in [-0.39, 0.29) is 22.8 Å². The highest BCUT2D eigenvalue weighted by molar-refractivity contribution is 7.91. The van der Waals surface area contributed by atoms with E-state index in [4.69, 9.17) is 9.15 Å². The zero-order valence-corrected chi connectivity index (χ0v) is 11.5. The number of fused-ring (bicyclic) bond motifs is 1. The van der Waals surface area contributed by atoms with Crippen molar-refractivity contribution in [3.8, 4) is 11.5 Å². The van der Waals surface area contributed by atoms with Crippen molar-refractivity contribution in [3.05, 3.63) is 41.0 Å². The molecule has 0 unspecified atom stereocenters. The van der Waals surface area contributed by atoms with Crippen LogP contribution in [0.1, 0.15) is 0 Å². The molecule has 0 saturated carbocycles. The van der Waals surface area contributed by atoms with Crippen LogP contribution in [-0.2, 0) is 10.2 Å². The quantitative estimate of drug-likeness (QED) is 0.788. The first kappa shape index (κ1) is 13.3. The molecule has 21 heavy (non-hydrogen) atoms. The lowest BCUT2D eigenvalue weighted by Gasteiger charge is -2.16. The minimum absolute atomic E-state index is 0.0166. The maximum absolute atomic E-state index is 11.8. The number of phenols is 1. The van der Waals surface area contributed by atoms with E-state index in [1.54, 1.807) is 0 Å². The van der Waals surface area contributed by atoms with Gasteiger partial charge >= 0.3 is 15.8 Å². The molecule has 110 valence electrons. The van der Waals surface area contributed by atoms with Crippen LogP contribution in [-0.4, -0.2) is 20.6 Å². The highest BCUT2D eigenvalue weighted by Gasteiger charge is 2.26. The molecule has 2 aromatic rings. The third kappa shape index (κ3) is 2.07. The summed E-state index contributed by atoms with van der Waals surface area (Å²) in [4.78, 5) is 11.5. The molecule has 0 aliphatic carbocycles. The highest BCUT2D eigenvalue weighted by Crippen LogP contribution is 2.35. The molecule has 1 aliphatic rings. The zero-order valence-electron chi connectivity index (χ0n) is 10.7. The average molecular weight is 310 g/mol. The van der Waals surface area contributed by atoms with E-state index in [0.717, 1.165) is 4.31 Å². The molecule has 0 atom stereocenters. The van der Waals surface area contributed by atoms with Gasteiger partial charge < -0.3 is 14.3 Å². The van der Waals surface area contributed by atoms with Gasteiger partial charge in [0.1, 0.15) is 17.0 Å². The minimum Gasteiger partial charge on any atom is -0.506 e. The molecule has 0 amide bonds. The lowest BCUT2D eigenvalue weighted by molar-refractivity contribution is 0.385. The Hall–Kier alpha value is -2.68. The molecule has 0 fully saturated rings. The van der Waals surface area contributed by atoms with Crippen LogP contribution < -0.4 is 19.4 Å². The Morgan fingerprint density at radius 3 is 2.71 bits per heavy atom. The fourth-order valence-corrected chi connectivity index (χ4v) is 2.95. The van der Waals surface area contributed by atoms with Gasteiger partial charge in [-0.3, -0.25) is 4.72 Å². The van der Waals surface area contributed by atoms with Crippen molar-refractivity contribution in [2.75, 3.05) is 11.4 Å². The fourth-order valence-electron chi connectivity index (χ4n) is 1.97. The number of nitrogens with one attached hydrogen (secondary N) is 1. The van der Waals surface area contributed by atoms with Crippen molar-refractivity contribution in [3.63, 3.8) is 0 Å². The Bertz CT molecular complexity index is 915. The zero-order chi connectivity index (χ0) is 15.2. The summed E-state index contributed by atoms with van der Waals surface area (Å²) in [6.07, 6.45) is 2.48. The highest BCUT2D eigenvalue weighted by atomic mass is 32.2. The van der Waals surface area contributed by atoms with Crippen LogP contribution in [0.25, 0.3) is 11.0 Å². The second-order valence-corrected chi connectivity index (χ2v) is 5.79. The maximum Gasteiger partial charge on any atom is 0.379 e. The number of hydrogen-bond donors (Lipinski definition) is 2. The molecule has 9 heteroatoms. The number of anilines is 1.